The van der Waals surface area contributed by atoms with Gasteiger partial charge in [-0.05, 0) is 0 Å². The normalized spacial score (nSPS) is 28.9. The van der Waals surface area contributed by atoms with Gasteiger partial charge in [0.1, 0.15) is 37.1 Å². The standard InChI is InChI=1S/C24H34N12O8P2S2/c37-5-11-13(33-45(41)47)17(39)23(43-11)35-9-31-15-19(27-7-29-21(15)35)25-3-1-2-4-26-20-16-22(30-8-28-20)36(10-32-16)24-18(40)14(34-46(42)48)12(6-38)44-24/h1-2,7-14,17-18,23-24,37-40,45-46H,3-6H2,(H,25,27,29)(H,26,28,30)(H2,33,41,47)(H2,34,42,48)/b2-1+/t11-,12?,13?,14-,17-,18-,23-,24?/m1/s1. The third kappa shape index (κ3) is 7.11. The first-order valence-electron chi connectivity index (χ1n) is 14.6. The molecule has 2 saturated heterocycles. The lowest BCUT2D eigenvalue weighted by atomic mass is 10.1. The first kappa shape index (κ1) is 35.1. The molecule has 4 aromatic rings. The number of imidazole rings is 2. The van der Waals surface area contributed by atoms with Gasteiger partial charge >= 0.3 is 0 Å². The molecule has 0 saturated carbocycles. The molecule has 2 aliphatic heterocycles. The van der Waals surface area contributed by atoms with Gasteiger partial charge in [0.05, 0.1) is 38.0 Å². The van der Waals surface area contributed by atoms with Crippen molar-refractivity contribution in [2.24, 2.45) is 0 Å². The number of fused-ring (bicyclic) bond motifs is 2. The Morgan fingerprint density at radius 1 is 0.729 bits per heavy atom. The van der Waals surface area contributed by atoms with E-state index in [0.29, 0.717) is 47.1 Å². The summed E-state index contributed by atoms with van der Waals surface area (Å²) in [4.78, 5) is 25.9. The zero-order chi connectivity index (χ0) is 33.9. The van der Waals surface area contributed by atoms with Crippen molar-refractivity contribution in [2.45, 2.75) is 49.0 Å². The van der Waals surface area contributed by atoms with Crippen LogP contribution in [-0.4, -0.2) is 122 Å². The molecule has 48 heavy (non-hydrogen) atoms. The SMILES string of the molecule is O=[PH](S)NC1[C@@H](O)[C@H](n2cnc3c(NC/C=C/CNc4ncnc5c4ncn5C4OC(CO)[C@@H](N[PH](=O)S)[C@H]4O)ncnc32)O[C@@H]1CO. The second-order valence-electron chi connectivity index (χ2n) is 10.8. The fraction of sp³-hybridized carbons (Fsp3) is 0.500. The van der Waals surface area contributed by atoms with Gasteiger partial charge in [0.2, 0.25) is 0 Å². The average molecular weight is 745 g/mol. The van der Waals surface area contributed by atoms with Crippen LogP contribution in [0.5, 0.6) is 0 Å². The molecule has 4 aromatic heterocycles. The summed E-state index contributed by atoms with van der Waals surface area (Å²) in [5.74, 6) is 0.888. The monoisotopic (exact) mass is 744 g/mol. The van der Waals surface area contributed by atoms with Crippen LogP contribution in [0.2, 0.25) is 0 Å². The Bertz CT molecular complexity index is 1690. The molecule has 260 valence electrons. The lowest BCUT2D eigenvalue weighted by Crippen LogP contribution is -2.42. The van der Waals surface area contributed by atoms with Gasteiger partial charge < -0.3 is 40.5 Å². The van der Waals surface area contributed by atoms with Crippen LogP contribution >= 0.6 is 38.8 Å². The Kier molecular flexibility index (Phi) is 11.3. The van der Waals surface area contributed by atoms with Crippen LogP contribution in [-0.2, 0) is 18.6 Å². The number of aliphatic hydroxyl groups is 4. The van der Waals surface area contributed by atoms with Crippen LogP contribution < -0.4 is 20.8 Å². The van der Waals surface area contributed by atoms with Crippen LogP contribution in [0.3, 0.4) is 0 Å². The molecule has 2 fully saturated rings. The molecule has 0 bridgehead atoms. The van der Waals surface area contributed by atoms with Crippen molar-refractivity contribution in [1.82, 2.24) is 49.2 Å². The molecule has 6 rings (SSSR count). The Morgan fingerprint density at radius 3 is 1.52 bits per heavy atom. The minimum Gasteiger partial charge on any atom is -0.394 e. The zero-order valence-electron chi connectivity index (χ0n) is 24.8. The number of aromatic nitrogens is 8. The lowest BCUT2D eigenvalue weighted by molar-refractivity contribution is -0.0489. The molecule has 5 unspecified atom stereocenters. The maximum Gasteiger partial charge on any atom is 0.186 e. The van der Waals surface area contributed by atoms with E-state index in [1.165, 1.54) is 34.4 Å². The van der Waals surface area contributed by atoms with Crippen molar-refractivity contribution < 1.29 is 39.0 Å². The first-order chi connectivity index (χ1) is 23.2. The molecule has 8 N–H and O–H groups in total. The lowest BCUT2D eigenvalue weighted by Gasteiger charge is -2.19. The second kappa shape index (κ2) is 15.4. The summed E-state index contributed by atoms with van der Waals surface area (Å²) in [6.07, 6.45) is 3.49. The fourth-order valence-corrected chi connectivity index (χ4v) is 7.89. The van der Waals surface area contributed by atoms with Gasteiger partial charge in [-0.15, -0.1) is 24.5 Å². The molecule has 0 spiro atoms. The van der Waals surface area contributed by atoms with E-state index < -0.39 is 76.5 Å². The van der Waals surface area contributed by atoms with Crippen LogP contribution in [0.1, 0.15) is 12.5 Å². The summed E-state index contributed by atoms with van der Waals surface area (Å²) < 4.78 is 38.0. The van der Waals surface area contributed by atoms with Crippen molar-refractivity contribution in [3.05, 3.63) is 37.5 Å². The van der Waals surface area contributed by atoms with E-state index in [0.717, 1.165) is 0 Å². The number of rotatable bonds is 14. The fourth-order valence-electron chi connectivity index (χ4n) is 5.71. The summed E-state index contributed by atoms with van der Waals surface area (Å²) >= 11 is 7.76. The molecular formula is C24H34N12O8P2S2. The van der Waals surface area contributed by atoms with Crippen LogP contribution in [0.15, 0.2) is 37.5 Å². The molecule has 0 amide bonds. The number of hydrogen-bond donors (Lipinski definition) is 10. The van der Waals surface area contributed by atoms with Crippen molar-refractivity contribution in [2.75, 3.05) is 36.9 Å². The summed E-state index contributed by atoms with van der Waals surface area (Å²) in [7, 11) is -4.91. The van der Waals surface area contributed by atoms with Crippen molar-refractivity contribution >= 4 is 72.8 Å². The van der Waals surface area contributed by atoms with Crippen LogP contribution in [0, 0.1) is 0 Å². The molecule has 0 radical (unpaired) electrons. The predicted octanol–water partition coefficient (Wildman–Crippen LogP) is -0.897. The van der Waals surface area contributed by atoms with Crippen LogP contribution in [0.25, 0.3) is 22.3 Å². The minimum atomic E-state index is -2.46. The first-order valence-corrected chi connectivity index (χ1v) is 20.0. The summed E-state index contributed by atoms with van der Waals surface area (Å²) in [5.41, 5.74) is 1.64. The van der Waals surface area contributed by atoms with Gasteiger partial charge in [-0.25, -0.2) is 29.9 Å². The van der Waals surface area contributed by atoms with E-state index >= 15 is 0 Å². The van der Waals surface area contributed by atoms with Crippen molar-refractivity contribution in [3.63, 3.8) is 0 Å². The third-order valence-electron chi connectivity index (χ3n) is 7.90. The average Bonchev–Trinajstić information content (AvgIpc) is 3.83. The molecule has 20 nitrogen and oxygen atoms in total. The van der Waals surface area contributed by atoms with Gasteiger partial charge in [-0.1, -0.05) is 12.2 Å². The predicted molar refractivity (Wildman–Crippen MR) is 181 cm³/mol. The maximum absolute atomic E-state index is 11.6. The van der Waals surface area contributed by atoms with Gasteiger partial charge in [-0.2, -0.15) is 0 Å². The van der Waals surface area contributed by atoms with Crippen molar-refractivity contribution in [1.29, 1.82) is 0 Å². The van der Waals surface area contributed by atoms with E-state index in [4.69, 9.17) is 9.47 Å². The van der Waals surface area contributed by atoms with E-state index in [-0.39, 0.29) is 0 Å². The number of nitrogens with one attached hydrogen (secondary N) is 4. The van der Waals surface area contributed by atoms with Crippen molar-refractivity contribution in [3.8, 4) is 0 Å². The molecular weight excluding hydrogens is 710 g/mol. The number of ether oxygens (including phenoxy) is 2. The van der Waals surface area contributed by atoms with Gasteiger partial charge in [0, 0.05) is 13.1 Å². The number of anilines is 2. The Morgan fingerprint density at radius 2 is 1.15 bits per heavy atom. The topological polar surface area (TPSA) is 269 Å². The number of hydrogen-bond acceptors (Lipinski definition) is 16. The van der Waals surface area contributed by atoms with Crippen LogP contribution in [0.4, 0.5) is 11.6 Å². The largest absolute Gasteiger partial charge is 0.394 e. The molecule has 2 aliphatic rings. The van der Waals surface area contributed by atoms with E-state index in [9.17, 15) is 29.6 Å². The van der Waals surface area contributed by atoms with Gasteiger partial charge in [0.25, 0.3) is 0 Å². The smallest absolute Gasteiger partial charge is 0.186 e. The van der Waals surface area contributed by atoms with Gasteiger partial charge in [-0.3, -0.25) is 28.4 Å². The highest BCUT2D eigenvalue weighted by molar-refractivity contribution is 8.40. The highest BCUT2D eigenvalue weighted by Gasteiger charge is 2.46. The second-order valence-corrected chi connectivity index (χ2v) is 15.0. The number of thiol groups is 2. The zero-order valence-corrected chi connectivity index (χ0v) is 28.6. The quantitative estimate of drug-likeness (QED) is 0.0426. The maximum atomic E-state index is 11.6. The van der Waals surface area contributed by atoms with E-state index in [1.54, 1.807) is 0 Å². The molecule has 0 aromatic carbocycles. The number of nitrogens with zero attached hydrogens (tertiary/aromatic N) is 8. The summed E-state index contributed by atoms with van der Waals surface area (Å²) in [6, 6.07) is -1.60. The van der Waals surface area contributed by atoms with E-state index in [1.807, 2.05) is 12.2 Å². The number of aliphatic hydroxyl groups excluding tert-OH is 4. The highest BCUT2D eigenvalue weighted by Crippen LogP contribution is 2.37. The molecule has 10 atom stereocenters. The third-order valence-corrected chi connectivity index (χ3v) is 9.83. The Labute approximate surface area is 283 Å². The van der Waals surface area contributed by atoms with E-state index in [2.05, 4.69) is 75.2 Å². The summed E-state index contributed by atoms with van der Waals surface area (Å²) in [6.45, 7) is -0.0480. The molecule has 6 heterocycles. The molecule has 0 aliphatic carbocycles. The minimum absolute atomic E-state index is 0.378. The highest BCUT2D eigenvalue weighted by atomic mass is 32.7. The summed E-state index contributed by atoms with van der Waals surface area (Å²) in [5, 5.41) is 52.8. The molecule has 24 heteroatoms. The van der Waals surface area contributed by atoms with Gasteiger partial charge in [0.15, 0.2) is 60.7 Å². The Hall–Kier alpha value is -2.72. The Balaban J connectivity index is 1.07.